The maximum atomic E-state index is 12.7. The zero-order chi connectivity index (χ0) is 15.8. The zero-order valence-electron chi connectivity index (χ0n) is 13.1. The van der Waals surface area contributed by atoms with Gasteiger partial charge in [-0.25, -0.2) is 4.68 Å². The van der Waals surface area contributed by atoms with Crippen molar-refractivity contribution < 1.29 is 4.79 Å². The smallest absolute Gasteiger partial charge is 0.167 e. The molecule has 1 atom stereocenters. The summed E-state index contributed by atoms with van der Waals surface area (Å²) in [5, 5.41) is 4.64. The lowest BCUT2D eigenvalue weighted by Crippen LogP contribution is -2.20. The van der Waals surface area contributed by atoms with E-state index in [-0.39, 0.29) is 11.7 Å². The number of para-hydroxylation sites is 1. The van der Waals surface area contributed by atoms with Crippen LogP contribution >= 0.6 is 0 Å². The normalized spacial score (nSPS) is 17.1. The third kappa shape index (κ3) is 2.38. The van der Waals surface area contributed by atoms with Gasteiger partial charge in [0.25, 0.3) is 0 Å². The van der Waals surface area contributed by atoms with Crippen molar-refractivity contribution in [2.75, 3.05) is 0 Å². The van der Waals surface area contributed by atoms with Gasteiger partial charge in [-0.3, -0.25) is 4.79 Å². The molecular formula is C20H18N2O. The predicted molar refractivity (Wildman–Crippen MR) is 90.1 cm³/mol. The lowest BCUT2D eigenvalue weighted by molar-refractivity contribution is 0.0963. The summed E-state index contributed by atoms with van der Waals surface area (Å²) in [6, 6.07) is 20.4. The molecule has 0 spiro atoms. The summed E-state index contributed by atoms with van der Waals surface area (Å²) >= 11 is 0. The highest BCUT2D eigenvalue weighted by Gasteiger charge is 2.31. The second kappa shape index (κ2) is 5.51. The van der Waals surface area contributed by atoms with Gasteiger partial charge in [0.15, 0.2) is 5.78 Å². The van der Waals surface area contributed by atoms with Crippen molar-refractivity contribution in [3.05, 3.63) is 83.2 Å². The molecule has 114 valence electrons. The monoisotopic (exact) mass is 302 g/mol. The third-order valence-corrected chi connectivity index (χ3v) is 4.58. The first-order valence-electron chi connectivity index (χ1n) is 7.96. The second-order valence-electron chi connectivity index (χ2n) is 6.09. The van der Waals surface area contributed by atoms with Crippen LogP contribution in [0.4, 0.5) is 0 Å². The zero-order valence-corrected chi connectivity index (χ0v) is 13.1. The van der Waals surface area contributed by atoms with E-state index in [1.807, 2.05) is 60.1 Å². The molecule has 2 aromatic carbocycles. The number of hydrogen-bond acceptors (Lipinski definition) is 2. The summed E-state index contributed by atoms with van der Waals surface area (Å²) in [6.07, 6.45) is 1.42. The molecule has 3 aromatic rings. The van der Waals surface area contributed by atoms with E-state index in [0.717, 1.165) is 29.1 Å². The molecule has 0 bridgehead atoms. The topological polar surface area (TPSA) is 34.9 Å². The van der Waals surface area contributed by atoms with Crippen molar-refractivity contribution in [1.29, 1.82) is 0 Å². The molecular weight excluding hydrogens is 284 g/mol. The maximum absolute atomic E-state index is 12.7. The van der Waals surface area contributed by atoms with Crippen LogP contribution in [0.15, 0.2) is 60.7 Å². The minimum Gasteiger partial charge on any atom is -0.294 e. The van der Waals surface area contributed by atoms with Gasteiger partial charge in [-0.2, -0.15) is 5.10 Å². The number of aromatic nitrogens is 2. The van der Waals surface area contributed by atoms with E-state index in [9.17, 15) is 4.79 Å². The van der Waals surface area contributed by atoms with Crippen molar-refractivity contribution in [3.63, 3.8) is 0 Å². The van der Waals surface area contributed by atoms with Crippen molar-refractivity contribution in [1.82, 2.24) is 9.78 Å². The Morgan fingerprint density at radius 1 is 0.957 bits per heavy atom. The van der Waals surface area contributed by atoms with Gasteiger partial charge in [-0.1, -0.05) is 48.5 Å². The summed E-state index contributed by atoms with van der Waals surface area (Å²) in [6.45, 7) is 1.93. The van der Waals surface area contributed by atoms with Gasteiger partial charge in [0.1, 0.15) is 0 Å². The van der Waals surface area contributed by atoms with Gasteiger partial charge in [-0.15, -0.1) is 0 Å². The fourth-order valence-corrected chi connectivity index (χ4v) is 3.50. The molecule has 1 unspecified atom stereocenters. The Labute approximate surface area is 135 Å². The highest BCUT2D eigenvalue weighted by Crippen LogP contribution is 2.35. The van der Waals surface area contributed by atoms with Gasteiger partial charge in [-0.05, 0) is 37.0 Å². The Bertz CT molecular complexity index is 850. The largest absolute Gasteiger partial charge is 0.294 e. The van der Waals surface area contributed by atoms with Gasteiger partial charge in [0.2, 0.25) is 0 Å². The summed E-state index contributed by atoms with van der Waals surface area (Å²) in [5.41, 5.74) is 4.93. The number of rotatable bonds is 2. The van der Waals surface area contributed by atoms with E-state index in [2.05, 4.69) is 17.2 Å². The molecule has 0 saturated carbocycles. The van der Waals surface area contributed by atoms with Crippen LogP contribution in [0.2, 0.25) is 0 Å². The van der Waals surface area contributed by atoms with Crippen LogP contribution in [0.1, 0.15) is 39.6 Å². The van der Waals surface area contributed by atoms with Crippen LogP contribution < -0.4 is 0 Å². The third-order valence-electron chi connectivity index (χ3n) is 4.58. The van der Waals surface area contributed by atoms with Gasteiger partial charge in [0, 0.05) is 6.42 Å². The molecule has 1 aliphatic rings. The summed E-state index contributed by atoms with van der Waals surface area (Å²) in [5.74, 6) is 0.439. The van der Waals surface area contributed by atoms with E-state index in [1.54, 1.807) is 0 Å². The lowest BCUT2D eigenvalue weighted by atomic mass is 9.81. The number of aryl methyl sites for hydroxylation is 1. The Morgan fingerprint density at radius 3 is 2.30 bits per heavy atom. The van der Waals surface area contributed by atoms with Gasteiger partial charge >= 0.3 is 0 Å². The molecule has 0 saturated heterocycles. The summed E-state index contributed by atoms with van der Waals surface area (Å²) in [4.78, 5) is 12.7. The number of hydrogen-bond donors (Lipinski definition) is 0. The Morgan fingerprint density at radius 2 is 1.61 bits per heavy atom. The highest BCUT2D eigenvalue weighted by atomic mass is 16.1. The molecule has 3 nitrogen and oxygen atoms in total. The number of fused-ring (bicyclic) bond motifs is 1. The molecule has 1 aromatic heterocycles. The van der Waals surface area contributed by atoms with E-state index in [1.165, 1.54) is 5.56 Å². The van der Waals surface area contributed by atoms with Crippen LogP contribution in [0, 0.1) is 6.92 Å². The average molecular weight is 302 g/mol. The average Bonchev–Trinajstić information content (AvgIpc) is 2.94. The molecule has 0 N–H and O–H groups in total. The van der Waals surface area contributed by atoms with Gasteiger partial charge in [0.05, 0.1) is 22.6 Å². The van der Waals surface area contributed by atoms with Crippen LogP contribution in [0.25, 0.3) is 5.69 Å². The molecule has 23 heavy (non-hydrogen) atoms. The molecule has 3 heteroatoms. The minimum absolute atomic E-state index is 0.208. The molecule has 1 aliphatic carbocycles. The highest BCUT2D eigenvalue weighted by molar-refractivity contribution is 6.00. The van der Waals surface area contributed by atoms with E-state index < -0.39 is 0 Å². The fourth-order valence-electron chi connectivity index (χ4n) is 3.50. The van der Waals surface area contributed by atoms with Crippen molar-refractivity contribution in [2.24, 2.45) is 0 Å². The lowest BCUT2D eigenvalue weighted by Gasteiger charge is -2.23. The Balaban J connectivity index is 1.81. The molecule has 0 aliphatic heterocycles. The first-order valence-corrected chi connectivity index (χ1v) is 7.96. The number of carbonyl (C=O) groups is 1. The molecule has 0 amide bonds. The van der Waals surface area contributed by atoms with E-state index >= 15 is 0 Å². The van der Waals surface area contributed by atoms with Crippen LogP contribution in [-0.4, -0.2) is 15.6 Å². The van der Waals surface area contributed by atoms with Crippen molar-refractivity contribution in [3.8, 4) is 5.69 Å². The van der Waals surface area contributed by atoms with E-state index in [0.29, 0.717) is 6.42 Å². The van der Waals surface area contributed by atoms with E-state index in [4.69, 9.17) is 0 Å². The van der Waals surface area contributed by atoms with Crippen LogP contribution in [0.3, 0.4) is 0 Å². The molecule has 0 radical (unpaired) electrons. The number of Topliss-reactive ketones (excluding diaryl/α,β-unsaturated/α-hetero) is 1. The Hall–Kier alpha value is -2.68. The molecule has 1 heterocycles. The summed E-state index contributed by atoms with van der Waals surface area (Å²) < 4.78 is 1.94. The van der Waals surface area contributed by atoms with Crippen molar-refractivity contribution >= 4 is 5.78 Å². The van der Waals surface area contributed by atoms with Gasteiger partial charge < -0.3 is 0 Å². The second-order valence-corrected chi connectivity index (χ2v) is 6.09. The van der Waals surface area contributed by atoms with Crippen LogP contribution in [-0.2, 0) is 6.42 Å². The quantitative estimate of drug-likeness (QED) is 0.714. The minimum atomic E-state index is 0.208. The predicted octanol–water partition coefficient (Wildman–Crippen LogP) is 4.09. The first-order chi connectivity index (χ1) is 11.2. The number of nitrogens with zero attached hydrogens (tertiary/aromatic N) is 2. The van der Waals surface area contributed by atoms with Crippen LogP contribution in [0.5, 0.6) is 0 Å². The number of benzene rings is 2. The molecule has 0 fully saturated rings. The SMILES string of the molecule is Cc1nn(-c2ccccc2)c2c1C(=O)CC(c1ccccc1)C2. The number of ketones is 1. The fraction of sp³-hybridized carbons (Fsp3) is 0.200. The number of carbonyl (C=O) groups excluding carboxylic acids is 1. The maximum Gasteiger partial charge on any atom is 0.167 e. The first kappa shape index (κ1) is 13.9. The van der Waals surface area contributed by atoms with Crippen molar-refractivity contribution in [2.45, 2.75) is 25.7 Å². The summed E-state index contributed by atoms with van der Waals surface area (Å²) in [7, 11) is 0. The molecule has 4 rings (SSSR count). The standard InChI is InChI=1S/C20H18N2O/c1-14-20-18(22(21-14)17-10-6-3-7-11-17)12-16(13-19(20)23)15-8-4-2-5-9-15/h2-11,16H,12-13H2,1H3. The Kier molecular flexibility index (Phi) is 3.34.